The van der Waals surface area contributed by atoms with E-state index in [1.807, 2.05) is 18.2 Å². The van der Waals surface area contributed by atoms with Crippen molar-refractivity contribution in [1.29, 1.82) is 0 Å². The molecule has 0 fully saturated rings. The lowest BCUT2D eigenvalue weighted by Crippen LogP contribution is -2.30. The van der Waals surface area contributed by atoms with Crippen LogP contribution in [-0.2, 0) is 10.0 Å². The molecule has 0 radical (unpaired) electrons. The number of hydrogen-bond donors (Lipinski definition) is 1. The summed E-state index contributed by atoms with van der Waals surface area (Å²) in [6, 6.07) is 20.3. The molecule has 1 amide bonds. The first-order valence-electron chi connectivity index (χ1n) is 9.79. The molecule has 0 aliphatic heterocycles. The highest BCUT2D eigenvalue weighted by Crippen LogP contribution is 2.30. The van der Waals surface area contributed by atoms with Crippen LogP contribution in [0.2, 0.25) is 5.02 Å². The second-order valence-electron chi connectivity index (χ2n) is 6.60. The van der Waals surface area contributed by atoms with Gasteiger partial charge < -0.3 is 10.1 Å². The molecule has 0 spiro atoms. The van der Waals surface area contributed by atoms with E-state index >= 15 is 0 Å². The Morgan fingerprint density at radius 2 is 1.61 bits per heavy atom. The van der Waals surface area contributed by atoms with Crippen LogP contribution in [0.3, 0.4) is 0 Å². The van der Waals surface area contributed by atoms with Gasteiger partial charge in [0.05, 0.1) is 21.2 Å². The molecule has 6 nitrogen and oxygen atoms in total. The number of sulfonamides is 1. The van der Waals surface area contributed by atoms with Gasteiger partial charge in [-0.1, -0.05) is 55.8 Å². The number of anilines is 1. The molecule has 8 heteroatoms. The molecular weight excluding hydrogens is 436 g/mol. The Labute approximate surface area is 187 Å². The Kier molecular flexibility index (Phi) is 7.33. The van der Waals surface area contributed by atoms with Gasteiger partial charge in [0.25, 0.3) is 5.91 Å². The van der Waals surface area contributed by atoms with Crippen LogP contribution in [0.1, 0.15) is 24.2 Å². The monoisotopic (exact) mass is 458 g/mol. The zero-order valence-electron chi connectivity index (χ0n) is 17.2. The van der Waals surface area contributed by atoms with Gasteiger partial charge in [-0.2, -0.15) is 4.31 Å². The summed E-state index contributed by atoms with van der Waals surface area (Å²) in [5.74, 6) is 0.533. The maximum absolute atomic E-state index is 13.0. The lowest BCUT2D eigenvalue weighted by Gasteiger charge is -2.19. The minimum absolute atomic E-state index is 0.0135. The molecule has 31 heavy (non-hydrogen) atoms. The molecule has 0 saturated heterocycles. The molecule has 0 atom stereocenters. The number of carbonyl (C=O) groups is 1. The van der Waals surface area contributed by atoms with E-state index in [1.54, 1.807) is 50.2 Å². The number of hydrogen-bond acceptors (Lipinski definition) is 4. The normalized spacial score (nSPS) is 11.4. The molecule has 162 valence electrons. The Balaban J connectivity index is 1.90. The van der Waals surface area contributed by atoms with Gasteiger partial charge in [0.15, 0.2) is 5.75 Å². The molecule has 3 aromatic rings. The van der Waals surface area contributed by atoms with E-state index in [1.165, 1.54) is 22.5 Å². The maximum atomic E-state index is 13.0. The topological polar surface area (TPSA) is 75.7 Å². The molecule has 1 N–H and O–H groups in total. The number of para-hydroxylation sites is 3. The lowest BCUT2D eigenvalue weighted by atomic mass is 10.2. The van der Waals surface area contributed by atoms with Crippen LogP contribution in [0.4, 0.5) is 5.69 Å². The third kappa shape index (κ3) is 5.25. The lowest BCUT2D eigenvalue weighted by molar-refractivity contribution is 0.102. The first kappa shape index (κ1) is 22.8. The summed E-state index contributed by atoms with van der Waals surface area (Å²) in [5.41, 5.74) is 0.494. The molecular formula is C23H23ClN2O4S. The van der Waals surface area contributed by atoms with Crippen LogP contribution in [-0.4, -0.2) is 31.7 Å². The van der Waals surface area contributed by atoms with Crippen molar-refractivity contribution in [2.45, 2.75) is 18.7 Å². The average molecular weight is 459 g/mol. The molecule has 0 unspecified atom stereocenters. The van der Waals surface area contributed by atoms with E-state index in [9.17, 15) is 13.2 Å². The fourth-order valence-electron chi connectivity index (χ4n) is 3.02. The standard InChI is InChI=1S/C23H23ClN2O4S/c1-3-26(4-2)31(28,29)18-14-15-20(24)19(16-18)23(27)25-21-12-8-9-13-22(21)30-17-10-6-5-7-11-17/h5-16H,3-4H2,1-2H3,(H,25,27). The zero-order chi connectivity index (χ0) is 22.4. The Morgan fingerprint density at radius 1 is 0.968 bits per heavy atom. The Bertz CT molecular complexity index is 1160. The molecule has 0 aromatic heterocycles. The van der Waals surface area contributed by atoms with Gasteiger partial charge in [-0.15, -0.1) is 0 Å². The second kappa shape index (κ2) is 9.96. The molecule has 0 saturated carbocycles. The van der Waals surface area contributed by atoms with Crippen LogP contribution < -0.4 is 10.1 Å². The summed E-state index contributed by atoms with van der Waals surface area (Å²) in [5, 5.41) is 2.92. The summed E-state index contributed by atoms with van der Waals surface area (Å²) < 4.78 is 32.8. The summed E-state index contributed by atoms with van der Waals surface area (Å²) in [6.07, 6.45) is 0. The molecule has 0 aliphatic rings. The van der Waals surface area contributed by atoms with E-state index < -0.39 is 15.9 Å². The summed E-state index contributed by atoms with van der Waals surface area (Å²) in [6.45, 7) is 4.17. The SMILES string of the molecule is CCN(CC)S(=O)(=O)c1ccc(Cl)c(C(=O)Nc2ccccc2Oc2ccccc2)c1. The van der Waals surface area contributed by atoms with Crippen LogP contribution >= 0.6 is 11.6 Å². The van der Waals surface area contributed by atoms with Gasteiger partial charge in [0, 0.05) is 13.1 Å². The third-order valence-electron chi connectivity index (χ3n) is 4.63. The van der Waals surface area contributed by atoms with E-state index in [4.69, 9.17) is 16.3 Å². The number of benzene rings is 3. The second-order valence-corrected chi connectivity index (χ2v) is 8.94. The number of carbonyl (C=O) groups excluding carboxylic acids is 1. The van der Waals surface area contributed by atoms with Gasteiger partial charge in [0.1, 0.15) is 5.75 Å². The van der Waals surface area contributed by atoms with Crippen molar-refractivity contribution in [2.24, 2.45) is 0 Å². The molecule has 3 rings (SSSR count). The Morgan fingerprint density at radius 3 is 2.29 bits per heavy atom. The highest BCUT2D eigenvalue weighted by Gasteiger charge is 2.24. The number of nitrogens with one attached hydrogen (secondary N) is 1. The van der Waals surface area contributed by atoms with Crippen LogP contribution in [0.15, 0.2) is 77.7 Å². The third-order valence-corrected chi connectivity index (χ3v) is 7.01. The minimum Gasteiger partial charge on any atom is -0.455 e. The molecule has 0 bridgehead atoms. The molecule has 0 aliphatic carbocycles. The van der Waals surface area contributed by atoms with Gasteiger partial charge in [-0.3, -0.25) is 4.79 Å². The van der Waals surface area contributed by atoms with Crippen LogP contribution in [0.25, 0.3) is 0 Å². The van der Waals surface area contributed by atoms with Gasteiger partial charge in [-0.25, -0.2) is 8.42 Å². The van der Waals surface area contributed by atoms with Gasteiger partial charge in [-0.05, 0) is 42.5 Å². The smallest absolute Gasteiger partial charge is 0.257 e. The summed E-state index contributed by atoms with van der Waals surface area (Å²) in [4.78, 5) is 13.0. The number of ether oxygens (including phenoxy) is 1. The number of amides is 1. The molecule has 0 heterocycles. The first-order chi connectivity index (χ1) is 14.9. The number of halogens is 1. The largest absolute Gasteiger partial charge is 0.455 e. The van der Waals surface area contributed by atoms with Gasteiger partial charge >= 0.3 is 0 Å². The maximum Gasteiger partial charge on any atom is 0.257 e. The van der Waals surface area contributed by atoms with Crippen molar-refractivity contribution in [2.75, 3.05) is 18.4 Å². The highest BCUT2D eigenvalue weighted by atomic mass is 35.5. The van der Waals surface area contributed by atoms with Gasteiger partial charge in [0.2, 0.25) is 10.0 Å². The fourth-order valence-corrected chi connectivity index (χ4v) is 4.70. The average Bonchev–Trinajstić information content (AvgIpc) is 2.76. The number of nitrogens with zero attached hydrogens (tertiary/aromatic N) is 1. The van der Waals surface area contributed by atoms with E-state index in [0.717, 1.165) is 0 Å². The first-order valence-corrected chi connectivity index (χ1v) is 11.6. The van der Waals surface area contributed by atoms with Crippen LogP contribution in [0.5, 0.6) is 11.5 Å². The number of rotatable bonds is 8. The quantitative estimate of drug-likeness (QED) is 0.489. The van der Waals surface area contributed by atoms with Crippen molar-refractivity contribution < 1.29 is 17.9 Å². The van der Waals surface area contributed by atoms with Crippen LogP contribution in [0, 0.1) is 0 Å². The zero-order valence-corrected chi connectivity index (χ0v) is 18.8. The van der Waals surface area contributed by atoms with E-state index in [2.05, 4.69) is 5.32 Å². The predicted molar refractivity (Wildman–Crippen MR) is 122 cm³/mol. The Hall–Kier alpha value is -2.87. The fraction of sp³-hybridized carbons (Fsp3) is 0.174. The van der Waals surface area contributed by atoms with E-state index in [0.29, 0.717) is 30.3 Å². The highest BCUT2D eigenvalue weighted by molar-refractivity contribution is 7.89. The molecule has 3 aromatic carbocycles. The van der Waals surface area contributed by atoms with Crippen molar-refractivity contribution in [3.8, 4) is 11.5 Å². The van der Waals surface area contributed by atoms with E-state index in [-0.39, 0.29) is 15.5 Å². The van der Waals surface area contributed by atoms with Crippen molar-refractivity contribution >= 4 is 33.2 Å². The predicted octanol–water partition coefficient (Wildman–Crippen LogP) is 5.42. The summed E-state index contributed by atoms with van der Waals surface area (Å²) >= 11 is 6.22. The van der Waals surface area contributed by atoms with Crippen molar-refractivity contribution in [3.05, 3.63) is 83.4 Å². The van der Waals surface area contributed by atoms with Crippen molar-refractivity contribution in [1.82, 2.24) is 4.31 Å². The minimum atomic E-state index is -3.73. The summed E-state index contributed by atoms with van der Waals surface area (Å²) in [7, 11) is -3.73. The van der Waals surface area contributed by atoms with Crippen molar-refractivity contribution in [3.63, 3.8) is 0 Å².